The quantitative estimate of drug-likeness (QED) is 0.791. The van der Waals surface area contributed by atoms with Gasteiger partial charge in [-0.1, -0.05) is 36.0 Å². The van der Waals surface area contributed by atoms with Crippen molar-refractivity contribution in [3.05, 3.63) is 47.9 Å². The molecule has 84 valence electrons. The standard InChI is InChI=1S/C12H13NO3/c1-4-6-9(7-5-2)11-10(12(14)15)8(3)16-13-11/h4-7H,1H2,2-3H3,(H,14,15)/b7-5-,9-6+. The number of rotatable bonds is 4. The van der Waals surface area contributed by atoms with Crippen LogP contribution in [0.1, 0.15) is 28.7 Å². The number of carbonyl (C=O) groups is 1. The molecule has 1 aromatic heterocycles. The zero-order chi connectivity index (χ0) is 12.1. The predicted molar refractivity (Wildman–Crippen MR) is 61.2 cm³/mol. The van der Waals surface area contributed by atoms with E-state index in [1.807, 2.05) is 6.92 Å². The molecule has 0 aliphatic rings. The van der Waals surface area contributed by atoms with E-state index >= 15 is 0 Å². The van der Waals surface area contributed by atoms with E-state index in [2.05, 4.69) is 11.7 Å². The summed E-state index contributed by atoms with van der Waals surface area (Å²) in [6.07, 6.45) is 6.81. The van der Waals surface area contributed by atoms with E-state index in [-0.39, 0.29) is 5.56 Å². The number of carboxylic acids is 1. The number of aromatic carboxylic acids is 1. The molecule has 1 N–H and O–H groups in total. The molecule has 0 aliphatic heterocycles. The molecule has 4 nitrogen and oxygen atoms in total. The van der Waals surface area contributed by atoms with Crippen molar-refractivity contribution >= 4 is 11.5 Å². The van der Waals surface area contributed by atoms with E-state index in [4.69, 9.17) is 9.63 Å². The Morgan fingerprint density at radius 2 is 2.25 bits per heavy atom. The third kappa shape index (κ3) is 2.28. The second-order valence-corrected chi connectivity index (χ2v) is 3.13. The molecule has 0 aliphatic carbocycles. The third-order valence-corrected chi connectivity index (χ3v) is 1.99. The smallest absolute Gasteiger partial charge is 0.341 e. The molecule has 16 heavy (non-hydrogen) atoms. The van der Waals surface area contributed by atoms with Crippen LogP contribution in [0.5, 0.6) is 0 Å². The summed E-state index contributed by atoms with van der Waals surface area (Å²) >= 11 is 0. The van der Waals surface area contributed by atoms with Crippen molar-refractivity contribution in [2.24, 2.45) is 0 Å². The summed E-state index contributed by atoms with van der Waals surface area (Å²) < 4.78 is 4.89. The number of carboxylic acid groups (broad SMARTS) is 1. The molecule has 4 heteroatoms. The number of allylic oxidation sites excluding steroid dienone is 5. The Kier molecular flexibility index (Phi) is 3.83. The van der Waals surface area contributed by atoms with Gasteiger partial charge in [0.25, 0.3) is 0 Å². The highest BCUT2D eigenvalue weighted by Crippen LogP contribution is 2.22. The van der Waals surface area contributed by atoms with Crippen LogP contribution in [0.25, 0.3) is 5.57 Å². The molecular formula is C12H13NO3. The summed E-state index contributed by atoms with van der Waals surface area (Å²) in [5.74, 6) is -0.754. The zero-order valence-electron chi connectivity index (χ0n) is 9.23. The second kappa shape index (κ2) is 5.11. The van der Waals surface area contributed by atoms with Crippen LogP contribution >= 0.6 is 0 Å². The minimum Gasteiger partial charge on any atom is -0.477 e. The highest BCUT2D eigenvalue weighted by Gasteiger charge is 2.20. The molecule has 0 saturated carbocycles. The minimum atomic E-state index is -1.05. The van der Waals surface area contributed by atoms with Crippen LogP contribution in [-0.4, -0.2) is 16.2 Å². The van der Waals surface area contributed by atoms with Gasteiger partial charge in [-0.3, -0.25) is 0 Å². The van der Waals surface area contributed by atoms with Gasteiger partial charge in [0.1, 0.15) is 17.0 Å². The first-order valence-corrected chi connectivity index (χ1v) is 4.77. The highest BCUT2D eigenvalue weighted by atomic mass is 16.5. The minimum absolute atomic E-state index is 0.0891. The maximum Gasteiger partial charge on any atom is 0.341 e. The van der Waals surface area contributed by atoms with E-state index in [0.29, 0.717) is 17.0 Å². The Labute approximate surface area is 93.6 Å². The van der Waals surface area contributed by atoms with Crippen LogP contribution in [0.4, 0.5) is 0 Å². The lowest BCUT2D eigenvalue weighted by atomic mass is 10.1. The summed E-state index contributed by atoms with van der Waals surface area (Å²) in [6.45, 7) is 6.98. The van der Waals surface area contributed by atoms with Crippen molar-refractivity contribution < 1.29 is 14.4 Å². The fourth-order valence-electron chi connectivity index (χ4n) is 1.34. The van der Waals surface area contributed by atoms with Gasteiger partial charge in [-0.05, 0) is 13.8 Å². The zero-order valence-corrected chi connectivity index (χ0v) is 9.23. The van der Waals surface area contributed by atoms with E-state index in [9.17, 15) is 4.79 Å². The lowest BCUT2D eigenvalue weighted by Crippen LogP contribution is -2.01. The van der Waals surface area contributed by atoms with Gasteiger partial charge < -0.3 is 9.63 Å². The van der Waals surface area contributed by atoms with Gasteiger partial charge in [-0.25, -0.2) is 4.79 Å². The fourth-order valence-corrected chi connectivity index (χ4v) is 1.34. The van der Waals surface area contributed by atoms with Crippen LogP contribution in [0.3, 0.4) is 0 Å². The summed E-state index contributed by atoms with van der Waals surface area (Å²) in [5, 5.41) is 12.8. The van der Waals surface area contributed by atoms with Gasteiger partial charge in [0.15, 0.2) is 0 Å². The lowest BCUT2D eigenvalue weighted by molar-refractivity contribution is 0.0695. The second-order valence-electron chi connectivity index (χ2n) is 3.13. The largest absolute Gasteiger partial charge is 0.477 e. The van der Waals surface area contributed by atoms with Gasteiger partial charge in [-0.2, -0.15) is 0 Å². The maximum atomic E-state index is 11.0. The Morgan fingerprint density at radius 3 is 2.75 bits per heavy atom. The van der Waals surface area contributed by atoms with Crippen LogP contribution in [0.2, 0.25) is 0 Å². The molecular weight excluding hydrogens is 206 g/mol. The van der Waals surface area contributed by atoms with Crippen molar-refractivity contribution in [2.45, 2.75) is 13.8 Å². The van der Waals surface area contributed by atoms with Crippen molar-refractivity contribution in [2.75, 3.05) is 0 Å². The Bertz CT molecular complexity index is 467. The van der Waals surface area contributed by atoms with Gasteiger partial charge in [-0.15, -0.1) is 0 Å². The van der Waals surface area contributed by atoms with Crippen LogP contribution in [-0.2, 0) is 0 Å². The normalized spacial score (nSPS) is 12.0. The Morgan fingerprint density at radius 1 is 1.56 bits per heavy atom. The van der Waals surface area contributed by atoms with E-state index in [1.165, 1.54) is 0 Å². The molecule has 0 unspecified atom stereocenters. The van der Waals surface area contributed by atoms with E-state index < -0.39 is 5.97 Å². The molecule has 1 heterocycles. The maximum absolute atomic E-state index is 11.0. The number of hydrogen-bond donors (Lipinski definition) is 1. The highest BCUT2D eigenvalue weighted by molar-refractivity contribution is 5.95. The summed E-state index contributed by atoms with van der Waals surface area (Å²) in [5.41, 5.74) is 1.07. The van der Waals surface area contributed by atoms with Crippen molar-refractivity contribution in [1.82, 2.24) is 5.16 Å². The van der Waals surface area contributed by atoms with Gasteiger partial charge in [0.2, 0.25) is 0 Å². The average Bonchev–Trinajstić information content (AvgIpc) is 2.60. The molecule has 0 aromatic carbocycles. The lowest BCUT2D eigenvalue weighted by Gasteiger charge is -1.97. The summed E-state index contributed by atoms with van der Waals surface area (Å²) in [4.78, 5) is 11.0. The third-order valence-electron chi connectivity index (χ3n) is 1.99. The topological polar surface area (TPSA) is 63.3 Å². The average molecular weight is 219 g/mol. The number of nitrogens with zero attached hydrogens (tertiary/aromatic N) is 1. The SMILES string of the molecule is C=C/C=C(\C=C/C)c1noc(C)c1C(=O)O. The molecule has 1 aromatic rings. The fraction of sp³-hybridized carbons (Fsp3) is 0.167. The first kappa shape index (κ1) is 12.0. The monoisotopic (exact) mass is 219 g/mol. The van der Waals surface area contributed by atoms with Gasteiger partial charge in [0.05, 0.1) is 0 Å². The molecule has 1 rings (SSSR count). The van der Waals surface area contributed by atoms with Crippen molar-refractivity contribution in [1.29, 1.82) is 0 Å². The number of aryl methyl sites for hydroxylation is 1. The first-order chi connectivity index (χ1) is 7.61. The summed E-state index contributed by atoms with van der Waals surface area (Å²) in [7, 11) is 0. The van der Waals surface area contributed by atoms with Gasteiger partial charge in [0, 0.05) is 5.57 Å². The summed E-state index contributed by atoms with van der Waals surface area (Å²) in [6, 6.07) is 0. The molecule has 0 saturated heterocycles. The van der Waals surface area contributed by atoms with E-state index in [1.54, 1.807) is 31.2 Å². The molecule has 0 atom stereocenters. The Hall–Kier alpha value is -2.10. The van der Waals surface area contributed by atoms with Crippen LogP contribution in [0, 0.1) is 6.92 Å². The Balaban J connectivity index is 3.36. The van der Waals surface area contributed by atoms with E-state index in [0.717, 1.165) is 0 Å². The van der Waals surface area contributed by atoms with Crippen LogP contribution < -0.4 is 0 Å². The molecule has 0 fully saturated rings. The molecule has 0 radical (unpaired) electrons. The first-order valence-electron chi connectivity index (χ1n) is 4.77. The van der Waals surface area contributed by atoms with Crippen molar-refractivity contribution in [3.8, 4) is 0 Å². The number of aromatic nitrogens is 1. The number of hydrogen-bond acceptors (Lipinski definition) is 3. The van der Waals surface area contributed by atoms with Crippen molar-refractivity contribution in [3.63, 3.8) is 0 Å². The molecule has 0 bridgehead atoms. The predicted octanol–water partition coefficient (Wildman–Crippen LogP) is 2.83. The molecule has 0 amide bonds. The molecule has 0 spiro atoms. The van der Waals surface area contributed by atoms with Crippen LogP contribution in [0.15, 0.2) is 35.4 Å². The van der Waals surface area contributed by atoms with Gasteiger partial charge >= 0.3 is 5.97 Å².